The number of hydrogen-bond acceptors (Lipinski definition) is 6. The van der Waals surface area contributed by atoms with Crippen LogP contribution >= 0.6 is 0 Å². The van der Waals surface area contributed by atoms with E-state index in [0.717, 1.165) is 5.56 Å². The number of rotatable bonds is 6. The van der Waals surface area contributed by atoms with E-state index in [1.165, 1.54) is 17.0 Å². The monoisotopic (exact) mass is 461 g/mol. The van der Waals surface area contributed by atoms with Crippen molar-refractivity contribution in [1.29, 1.82) is 0 Å². The highest BCUT2D eigenvalue weighted by atomic mass is 16.5. The Bertz CT molecular complexity index is 1290. The number of aliphatic hydroxyl groups is 1. The fourth-order valence-corrected chi connectivity index (χ4v) is 4.21. The van der Waals surface area contributed by atoms with E-state index in [2.05, 4.69) is 0 Å². The van der Waals surface area contributed by atoms with Crippen LogP contribution in [0.25, 0.3) is 5.76 Å². The van der Waals surface area contributed by atoms with Crippen LogP contribution in [-0.4, -0.2) is 28.5 Å². The molecule has 7 heteroatoms. The summed E-state index contributed by atoms with van der Waals surface area (Å²) >= 11 is 0. The Kier molecular flexibility index (Phi) is 6.20. The van der Waals surface area contributed by atoms with E-state index in [1.54, 1.807) is 49.4 Å². The number of nitrogens with zero attached hydrogens (tertiary/aromatic N) is 1. The van der Waals surface area contributed by atoms with Crippen LogP contribution in [0.2, 0.25) is 0 Å². The lowest BCUT2D eigenvalue weighted by Gasteiger charge is -2.24. The number of amides is 1. The van der Waals surface area contributed by atoms with Crippen molar-refractivity contribution in [1.82, 2.24) is 0 Å². The highest BCUT2D eigenvalue weighted by Crippen LogP contribution is 2.45. The van der Waals surface area contributed by atoms with Crippen molar-refractivity contribution in [3.8, 4) is 11.5 Å². The Labute approximate surface area is 197 Å². The third-order valence-corrected chi connectivity index (χ3v) is 5.82. The second kappa shape index (κ2) is 9.09. The number of carbonyl (C=O) groups excluding carboxylic acids is 2. The largest absolute Gasteiger partial charge is 0.507 e. The Balaban J connectivity index is 1.93. The Morgan fingerprint density at radius 2 is 1.85 bits per heavy atom. The molecule has 4 rings (SSSR count). The van der Waals surface area contributed by atoms with Gasteiger partial charge in [-0.25, -0.2) is 0 Å². The molecule has 1 aliphatic heterocycles. The van der Waals surface area contributed by atoms with E-state index in [9.17, 15) is 19.8 Å². The summed E-state index contributed by atoms with van der Waals surface area (Å²) in [5, 5.41) is 21.8. The third kappa shape index (κ3) is 3.94. The zero-order valence-electron chi connectivity index (χ0n) is 19.5. The molecule has 2 heterocycles. The van der Waals surface area contributed by atoms with E-state index >= 15 is 0 Å². The summed E-state index contributed by atoms with van der Waals surface area (Å²) in [6, 6.07) is 13.7. The first-order valence-corrected chi connectivity index (χ1v) is 11.2. The summed E-state index contributed by atoms with van der Waals surface area (Å²) in [6.07, 6.45) is 0. The summed E-state index contributed by atoms with van der Waals surface area (Å²) in [6.45, 7) is 8.14. The maximum absolute atomic E-state index is 13.2. The summed E-state index contributed by atoms with van der Waals surface area (Å²) < 4.78 is 11.5. The van der Waals surface area contributed by atoms with Gasteiger partial charge in [-0.2, -0.15) is 0 Å². The van der Waals surface area contributed by atoms with Crippen LogP contribution in [0.15, 0.2) is 64.6 Å². The molecule has 34 heavy (non-hydrogen) atoms. The predicted molar refractivity (Wildman–Crippen MR) is 128 cm³/mol. The lowest BCUT2D eigenvalue weighted by molar-refractivity contribution is -0.132. The molecule has 1 unspecified atom stereocenters. The standard InChI is InChI=1S/C27H27NO6/c1-5-33-21-13-11-17(14-18(21)15(2)3)25(30)23-24(22-12-10-16(4)34-22)28(27(32)26(23)31)19-8-6-7-9-20(19)29/h6-15,24,29-30H,5H2,1-4H3/b25-23-. The fraction of sp³-hybridized carbons (Fsp3) is 0.259. The minimum absolute atomic E-state index is 0.0986. The first kappa shape index (κ1) is 23.2. The number of ether oxygens (including phenoxy) is 1. The number of anilines is 1. The highest BCUT2D eigenvalue weighted by molar-refractivity contribution is 6.51. The molecule has 1 amide bonds. The van der Waals surface area contributed by atoms with Gasteiger partial charge in [-0.1, -0.05) is 26.0 Å². The smallest absolute Gasteiger partial charge is 0.300 e. The van der Waals surface area contributed by atoms with Crippen molar-refractivity contribution < 1.29 is 29.0 Å². The quantitative estimate of drug-likeness (QED) is 0.288. The topological polar surface area (TPSA) is 100 Å². The van der Waals surface area contributed by atoms with Crippen LogP contribution < -0.4 is 9.64 Å². The van der Waals surface area contributed by atoms with Gasteiger partial charge in [0.15, 0.2) is 0 Å². The number of phenolic OH excluding ortho intramolecular Hbond substituents is 1. The summed E-state index contributed by atoms with van der Waals surface area (Å²) in [7, 11) is 0. The fourth-order valence-electron chi connectivity index (χ4n) is 4.21. The van der Waals surface area contributed by atoms with Crippen LogP contribution in [0.4, 0.5) is 5.69 Å². The predicted octanol–water partition coefficient (Wildman–Crippen LogP) is 5.44. The molecular weight excluding hydrogens is 434 g/mol. The number of phenols is 1. The molecule has 3 aromatic rings. The lowest BCUT2D eigenvalue weighted by Crippen LogP contribution is -2.29. The third-order valence-electron chi connectivity index (χ3n) is 5.82. The van der Waals surface area contributed by atoms with Crippen molar-refractivity contribution in [3.05, 3.63) is 82.8 Å². The van der Waals surface area contributed by atoms with Gasteiger partial charge >= 0.3 is 0 Å². The van der Waals surface area contributed by atoms with Gasteiger partial charge in [0.1, 0.15) is 34.8 Å². The number of aliphatic hydroxyl groups excluding tert-OH is 1. The molecule has 1 aromatic heterocycles. The van der Waals surface area contributed by atoms with Crippen molar-refractivity contribution >= 4 is 23.1 Å². The number of benzene rings is 2. The van der Waals surface area contributed by atoms with Gasteiger partial charge in [0.2, 0.25) is 0 Å². The van der Waals surface area contributed by atoms with Crippen molar-refractivity contribution in [3.63, 3.8) is 0 Å². The van der Waals surface area contributed by atoms with Crippen molar-refractivity contribution in [2.24, 2.45) is 0 Å². The van der Waals surface area contributed by atoms with E-state index in [1.807, 2.05) is 20.8 Å². The number of aryl methyl sites for hydroxylation is 1. The number of ketones is 1. The van der Waals surface area contributed by atoms with Crippen LogP contribution in [-0.2, 0) is 9.59 Å². The zero-order valence-corrected chi connectivity index (χ0v) is 19.5. The summed E-state index contributed by atoms with van der Waals surface area (Å²) in [4.78, 5) is 27.6. The number of furan rings is 1. The van der Waals surface area contributed by atoms with E-state index < -0.39 is 17.7 Å². The molecule has 0 saturated carbocycles. The van der Waals surface area contributed by atoms with Crippen LogP contribution in [0.1, 0.15) is 55.4 Å². The number of aromatic hydroxyl groups is 1. The highest BCUT2D eigenvalue weighted by Gasteiger charge is 2.49. The maximum Gasteiger partial charge on any atom is 0.300 e. The van der Waals surface area contributed by atoms with Gasteiger partial charge in [-0.15, -0.1) is 0 Å². The number of carbonyl (C=O) groups is 2. The molecule has 0 spiro atoms. The zero-order chi connectivity index (χ0) is 24.6. The Hall–Kier alpha value is -4.00. The summed E-state index contributed by atoms with van der Waals surface area (Å²) in [5.41, 5.74) is 1.29. The molecule has 176 valence electrons. The second-order valence-corrected chi connectivity index (χ2v) is 8.45. The van der Waals surface area contributed by atoms with Gasteiger partial charge in [0, 0.05) is 5.56 Å². The number of hydrogen-bond donors (Lipinski definition) is 2. The van der Waals surface area contributed by atoms with E-state index in [0.29, 0.717) is 29.4 Å². The molecule has 2 aromatic carbocycles. The van der Waals surface area contributed by atoms with Gasteiger partial charge in [0.25, 0.3) is 11.7 Å². The second-order valence-electron chi connectivity index (χ2n) is 8.45. The van der Waals surface area contributed by atoms with Crippen LogP contribution in [0.3, 0.4) is 0 Å². The minimum atomic E-state index is -1.05. The molecule has 1 aliphatic rings. The number of para-hydroxylation sites is 2. The van der Waals surface area contributed by atoms with Crippen LogP contribution in [0.5, 0.6) is 11.5 Å². The Morgan fingerprint density at radius 3 is 2.47 bits per heavy atom. The Morgan fingerprint density at radius 1 is 1.12 bits per heavy atom. The maximum atomic E-state index is 13.2. The minimum Gasteiger partial charge on any atom is -0.507 e. The molecule has 0 radical (unpaired) electrons. The normalized spacial score (nSPS) is 17.6. The molecule has 0 bridgehead atoms. The molecule has 2 N–H and O–H groups in total. The SMILES string of the molecule is CCOc1ccc(/C(O)=C2/C(=O)C(=O)N(c3ccccc3O)C2c2ccc(C)o2)cc1C(C)C. The van der Waals surface area contributed by atoms with Crippen molar-refractivity contribution in [2.75, 3.05) is 11.5 Å². The average molecular weight is 462 g/mol. The van der Waals surface area contributed by atoms with Gasteiger partial charge in [-0.3, -0.25) is 14.5 Å². The van der Waals surface area contributed by atoms with Gasteiger partial charge < -0.3 is 19.4 Å². The van der Waals surface area contributed by atoms with Gasteiger partial charge in [-0.05, 0) is 67.8 Å². The van der Waals surface area contributed by atoms with Crippen LogP contribution in [0, 0.1) is 6.92 Å². The van der Waals surface area contributed by atoms with E-state index in [4.69, 9.17) is 9.15 Å². The first-order chi connectivity index (χ1) is 16.2. The summed E-state index contributed by atoms with van der Waals surface area (Å²) in [5.74, 6) is -0.529. The first-order valence-electron chi connectivity index (χ1n) is 11.2. The molecule has 1 atom stereocenters. The molecular formula is C27H27NO6. The molecule has 0 aliphatic carbocycles. The molecule has 1 saturated heterocycles. The van der Waals surface area contributed by atoms with Crippen molar-refractivity contribution in [2.45, 2.75) is 39.7 Å². The molecule has 7 nitrogen and oxygen atoms in total. The van der Waals surface area contributed by atoms with E-state index in [-0.39, 0.29) is 28.7 Å². The van der Waals surface area contributed by atoms with Gasteiger partial charge in [0.05, 0.1) is 17.9 Å². The average Bonchev–Trinajstić information content (AvgIpc) is 3.35. The molecule has 1 fully saturated rings. The lowest BCUT2D eigenvalue weighted by atomic mass is 9.95. The number of Topliss-reactive ketones (excluding diaryl/α,β-unsaturated/α-hetero) is 1.